The van der Waals surface area contributed by atoms with Crippen molar-refractivity contribution in [1.82, 2.24) is 0 Å². The van der Waals surface area contributed by atoms with Crippen LogP contribution in [-0.4, -0.2) is 7.11 Å². The molecule has 3 rings (SSSR count). The molecule has 0 bridgehead atoms. The molecule has 0 radical (unpaired) electrons. The van der Waals surface area contributed by atoms with Gasteiger partial charge in [0, 0.05) is 6.04 Å². The summed E-state index contributed by atoms with van der Waals surface area (Å²) in [6, 6.07) is 15.3. The molecule has 2 aromatic carbocycles. The van der Waals surface area contributed by atoms with Crippen molar-refractivity contribution in [2.45, 2.75) is 51.0 Å². The minimum absolute atomic E-state index is 0.0812. The van der Waals surface area contributed by atoms with Crippen LogP contribution in [0.4, 0.5) is 0 Å². The Morgan fingerprint density at radius 1 is 0.957 bits per heavy atom. The first-order valence-electron chi connectivity index (χ1n) is 8.73. The fraction of sp³-hybridized carbons (Fsp3) is 0.429. The molecule has 0 amide bonds. The SMILES string of the molecule is COc1ccc(-c2ccc(C(C)N)cc2)cc1C1CCCCC1. The van der Waals surface area contributed by atoms with Crippen molar-refractivity contribution < 1.29 is 4.74 Å². The van der Waals surface area contributed by atoms with Gasteiger partial charge in [0.2, 0.25) is 0 Å². The average molecular weight is 309 g/mol. The van der Waals surface area contributed by atoms with Gasteiger partial charge in [-0.1, -0.05) is 49.6 Å². The van der Waals surface area contributed by atoms with Crippen LogP contribution in [0, 0.1) is 0 Å². The van der Waals surface area contributed by atoms with Crippen LogP contribution in [0.5, 0.6) is 5.75 Å². The molecular weight excluding hydrogens is 282 g/mol. The first-order chi connectivity index (χ1) is 11.2. The number of methoxy groups -OCH3 is 1. The second-order valence-corrected chi connectivity index (χ2v) is 6.70. The number of rotatable bonds is 4. The Kier molecular flexibility index (Phi) is 5.02. The molecule has 0 aliphatic heterocycles. The van der Waals surface area contributed by atoms with Crippen molar-refractivity contribution in [3.63, 3.8) is 0 Å². The summed E-state index contributed by atoms with van der Waals surface area (Å²) in [4.78, 5) is 0. The average Bonchev–Trinajstić information content (AvgIpc) is 2.62. The Balaban J connectivity index is 1.93. The van der Waals surface area contributed by atoms with Crippen LogP contribution in [-0.2, 0) is 0 Å². The van der Waals surface area contributed by atoms with E-state index in [2.05, 4.69) is 42.5 Å². The van der Waals surface area contributed by atoms with Crippen molar-refractivity contribution in [2.24, 2.45) is 5.73 Å². The van der Waals surface area contributed by atoms with E-state index in [1.54, 1.807) is 7.11 Å². The van der Waals surface area contributed by atoms with E-state index in [1.165, 1.54) is 54.4 Å². The maximum absolute atomic E-state index is 5.95. The Hall–Kier alpha value is -1.80. The van der Waals surface area contributed by atoms with E-state index in [-0.39, 0.29) is 6.04 Å². The zero-order chi connectivity index (χ0) is 16.2. The summed E-state index contributed by atoms with van der Waals surface area (Å²) in [5.41, 5.74) is 11.0. The second-order valence-electron chi connectivity index (χ2n) is 6.70. The van der Waals surface area contributed by atoms with Gasteiger partial charge in [0.25, 0.3) is 0 Å². The van der Waals surface area contributed by atoms with Crippen LogP contribution in [0.25, 0.3) is 11.1 Å². The summed E-state index contributed by atoms with van der Waals surface area (Å²) >= 11 is 0. The minimum Gasteiger partial charge on any atom is -0.496 e. The highest BCUT2D eigenvalue weighted by molar-refractivity contribution is 5.66. The molecule has 0 heterocycles. The van der Waals surface area contributed by atoms with Crippen molar-refractivity contribution in [2.75, 3.05) is 7.11 Å². The molecular formula is C21H27NO. The van der Waals surface area contributed by atoms with Crippen molar-refractivity contribution in [3.8, 4) is 16.9 Å². The molecule has 1 unspecified atom stereocenters. The molecule has 1 fully saturated rings. The first kappa shape index (κ1) is 16.1. The predicted octanol–water partition coefficient (Wildman–Crippen LogP) is 5.43. The van der Waals surface area contributed by atoms with Crippen LogP contribution >= 0.6 is 0 Å². The van der Waals surface area contributed by atoms with Gasteiger partial charge in [-0.15, -0.1) is 0 Å². The van der Waals surface area contributed by atoms with Gasteiger partial charge in [-0.2, -0.15) is 0 Å². The second kappa shape index (κ2) is 7.18. The summed E-state index contributed by atoms with van der Waals surface area (Å²) < 4.78 is 5.62. The largest absolute Gasteiger partial charge is 0.496 e. The maximum Gasteiger partial charge on any atom is 0.122 e. The van der Waals surface area contributed by atoms with E-state index in [9.17, 15) is 0 Å². The zero-order valence-electron chi connectivity index (χ0n) is 14.2. The van der Waals surface area contributed by atoms with Crippen molar-refractivity contribution >= 4 is 0 Å². The molecule has 1 aliphatic carbocycles. The molecule has 2 heteroatoms. The third-order valence-electron chi connectivity index (χ3n) is 5.04. The zero-order valence-corrected chi connectivity index (χ0v) is 14.2. The fourth-order valence-corrected chi connectivity index (χ4v) is 3.63. The van der Waals surface area contributed by atoms with Gasteiger partial charge in [-0.05, 0) is 60.1 Å². The molecule has 2 N–H and O–H groups in total. The minimum atomic E-state index is 0.0812. The van der Waals surface area contributed by atoms with E-state index in [4.69, 9.17) is 10.5 Å². The van der Waals surface area contributed by atoms with Crippen molar-refractivity contribution in [1.29, 1.82) is 0 Å². The standard InChI is InChI=1S/C21H27NO/c1-15(22)16-8-10-17(11-9-16)19-12-13-21(23-2)20(14-19)18-6-4-3-5-7-18/h8-15,18H,3-7,22H2,1-2H3. The Bertz CT molecular complexity index is 639. The fourth-order valence-electron chi connectivity index (χ4n) is 3.63. The molecule has 2 nitrogen and oxygen atoms in total. The topological polar surface area (TPSA) is 35.2 Å². The monoisotopic (exact) mass is 309 g/mol. The van der Waals surface area contributed by atoms with E-state index in [0.29, 0.717) is 5.92 Å². The lowest BCUT2D eigenvalue weighted by atomic mass is 9.82. The maximum atomic E-state index is 5.95. The molecule has 23 heavy (non-hydrogen) atoms. The molecule has 2 aromatic rings. The van der Waals surface area contributed by atoms with E-state index in [1.807, 2.05) is 6.92 Å². The smallest absolute Gasteiger partial charge is 0.122 e. The number of nitrogens with two attached hydrogens (primary N) is 1. The Morgan fingerprint density at radius 2 is 1.61 bits per heavy atom. The summed E-state index contributed by atoms with van der Waals surface area (Å²) in [7, 11) is 1.78. The molecule has 0 spiro atoms. The quantitative estimate of drug-likeness (QED) is 0.817. The van der Waals surface area contributed by atoms with Gasteiger partial charge in [0.1, 0.15) is 5.75 Å². The number of hydrogen-bond donors (Lipinski definition) is 1. The lowest BCUT2D eigenvalue weighted by molar-refractivity contribution is 0.387. The molecule has 1 aliphatic rings. The first-order valence-corrected chi connectivity index (χ1v) is 8.73. The normalized spacial score (nSPS) is 17.0. The van der Waals surface area contributed by atoms with Crippen molar-refractivity contribution in [3.05, 3.63) is 53.6 Å². The predicted molar refractivity (Wildman–Crippen MR) is 96.9 cm³/mol. The molecule has 0 saturated heterocycles. The third-order valence-corrected chi connectivity index (χ3v) is 5.04. The van der Waals surface area contributed by atoms with Crippen LogP contribution in [0.1, 0.15) is 62.1 Å². The summed E-state index contributed by atoms with van der Waals surface area (Å²) in [5.74, 6) is 1.68. The Labute approximate surface area is 139 Å². The number of ether oxygens (including phenoxy) is 1. The molecule has 122 valence electrons. The van der Waals surface area contributed by atoms with Gasteiger partial charge in [0.15, 0.2) is 0 Å². The lowest BCUT2D eigenvalue weighted by Crippen LogP contribution is -2.06. The van der Waals surface area contributed by atoms with Crippen LogP contribution in [0.2, 0.25) is 0 Å². The van der Waals surface area contributed by atoms with Gasteiger partial charge < -0.3 is 10.5 Å². The van der Waals surface area contributed by atoms with E-state index >= 15 is 0 Å². The molecule has 0 aromatic heterocycles. The van der Waals surface area contributed by atoms with Gasteiger partial charge in [-0.25, -0.2) is 0 Å². The van der Waals surface area contributed by atoms with Crippen LogP contribution < -0.4 is 10.5 Å². The van der Waals surface area contributed by atoms with E-state index in [0.717, 1.165) is 5.75 Å². The van der Waals surface area contributed by atoms with Gasteiger partial charge in [-0.3, -0.25) is 0 Å². The highest BCUT2D eigenvalue weighted by Gasteiger charge is 2.19. The summed E-state index contributed by atoms with van der Waals surface area (Å²) in [6.07, 6.45) is 6.60. The third kappa shape index (κ3) is 3.59. The lowest BCUT2D eigenvalue weighted by Gasteiger charge is -2.24. The summed E-state index contributed by atoms with van der Waals surface area (Å²) in [6.45, 7) is 2.02. The van der Waals surface area contributed by atoms with Gasteiger partial charge in [0.05, 0.1) is 7.11 Å². The Morgan fingerprint density at radius 3 is 2.22 bits per heavy atom. The highest BCUT2D eigenvalue weighted by atomic mass is 16.5. The molecule has 1 atom stereocenters. The number of hydrogen-bond acceptors (Lipinski definition) is 2. The van der Waals surface area contributed by atoms with Crippen LogP contribution in [0.15, 0.2) is 42.5 Å². The highest BCUT2D eigenvalue weighted by Crippen LogP contribution is 2.39. The van der Waals surface area contributed by atoms with E-state index < -0.39 is 0 Å². The molecule has 1 saturated carbocycles. The van der Waals surface area contributed by atoms with Gasteiger partial charge >= 0.3 is 0 Å². The number of benzene rings is 2. The van der Waals surface area contributed by atoms with Crippen LogP contribution in [0.3, 0.4) is 0 Å². The summed E-state index contributed by atoms with van der Waals surface area (Å²) in [5, 5.41) is 0.